The zero-order chi connectivity index (χ0) is 22.0. The van der Waals surface area contributed by atoms with Crippen LogP contribution in [0.5, 0.6) is 5.75 Å². The Kier molecular flexibility index (Phi) is 6.59. The van der Waals surface area contributed by atoms with Crippen LogP contribution in [0.1, 0.15) is 4.88 Å². The number of rotatable bonds is 8. The minimum absolute atomic E-state index is 0.0403. The predicted molar refractivity (Wildman–Crippen MR) is 121 cm³/mol. The van der Waals surface area contributed by atoms with Gasteiger partial charge in [0.2, 0.25) is 5.91 Å². The first-order valence-electron chi connectivity index (χ1n) is 9.46. The average molecular weight is 477 g/mol. The van der Waals surface area contributed by atoms with Crippen molar-refractivity contribution in [2.75, 3.05) is 18.6 Å². The number of carbonyl (C=O) groups is 3. The zero-order valence-electron chi connectivity index (χ0n) is 16.6. The highest BCUT2D eigenvalue weighted by molar-refractivity contribution is 8.01. The van der Waals surface area contributed by atoms with Gasteiger partial charge in [-0.2, -0.15) is 0 Å². The average Bonchev–Trinajstić information content (AvgIpc) is 3.28. The van der Waals surface area contributed by atoms with E-state index in [2.05, 4.69) is 5.32 Å². The summed E-state index contributed by atoms with van der Waals surface area (Å²) in [6.45, 7) is 0. The molecule has 10 heteroatoms. The van der Waals surface area contributed by atoms with E-state index < -0.39 is 12.0 Å². The highest BCUT2D eigenvalue weighted by Crippen LogP contribution is 2.41. The van der Waals surface area contributed by atoms with Crippen LogP contribution in [0.15, 0.2) is 57.9 Å². The topological polar surface area (TPSA) is 95.9 Å². The Morgan fingerprint density at radius 2 is 2.06 bits per heavy atom. The van der Waals surface area contributed by atoms with Crippen molar-refractivity contribution in [1.82, 2.24) is 10.2 Å². The van der Waals surface area contributed by atoms with Crippen LogP contribution in [0.4, 0.5) is 0 Å². The molecule has 1 fully saturated rings. The van der Waals surface area contributed by atoms with Crippen molar-refractivity contribution >= 4 is 52.6 Å². The smallest absolute Gasteiger partial charge is 0.352 e. The molecule has 3 heterocycles. The molecule has 2 atom stereocenters. The first-order valence-corrected chi connectivity index (χ1v) is 12.4. The lowest BCUT2D eigenvalue weighted by molar-refractivity contribution is -0.150. The summed E-state index contributed by atoms with van der Waals surface area (Å²) in [5, 5.41) is 14.1. The van der Waals surface area contributed by atoms with Crippen LogP contribution in [0.25, 0.3) is 0 Å². The maximum Gasteiger partial charge on any atom is 0.352 e. The molecule has 2 aromatic rings. The standard InChI is InChI=1S/C21H20N2O5S3/c1-28-13-4-6-14(7-5-13)30-10-12-11-31-20-17(19(25)23(20)18(12)21(26)27)22-16(24)9-15-3-2-8-29-15/h2-8,17,20H,9-11H2,1H3,(H,22,24)(H,26,27)/t17?,20-/m0/s1. The molecule has 4 rings (SSSR count). The van der Waals surface area contributed by atoms with Gasteiger partial charge >= 0.3 is 5.97 Å². The molecule has 2 aliphatic heterocycles. The van der Waals surface area contributed by atoms with E-state index in [1.807, 2.05) is 41.8 Å². The van der Waals surface area contributed by atoms with Crippen molar-refractivity contribution in [2.24, 2.45) is 0 Å². The molecule has 7 nitrogen and oxygen atoms in total. The third-order valence-electron chi connectivity index (χ3n) is 4.95. The lowest BCUT2D eigenvalue weighted by atomic mass is 10.0. The van der Waals surface area contributed by atoms with Crippen molar-refractivity contribution < 1.29 is 24.2 Å². The molecular weight excluding hydrogens is 456 g/mol. The van der Waals surface area contributed by atoms with Crippen LogP contribution in [0, 0.1) is 0 Å². The van der Waals surface area contributed by atoms with Gasteiger partial charge in [-0.05, 0) is 41.3 Å². The monoisotopic (exact) mass is 476 g/mol. The molecular formula is C21H20N2O5S3. The lowest BCUT2D eigenvalue weighted by Gasteiger charge is -2.49. The number of carbonyl (C=O) groups excluding carboxylic acids is 2. The SMILES string of the molecule is COc1ccc(SCC2=C(C(=O)O)N3C(=O)C(NC(=O)Cc4cccs4)[C@@H]3SC2)cc1. The van der Waals surface area contributed by atoms with Crippen LogP contribution >= 0.6 is 34.9 Å². The first kappa shape index (κ1) is 21.8. The van der Waals surface area contributed by atoms with Gasteiger partial charge in [0.1, 0.15) is 22.9 Å². The molecule has 0 aliphatic carbocycles. The van der Waals surface area contributed by atoms with Gasteiger partial charge in [-0.3, -0.25) is 14.5 Å². The van der Waals surface area contributed by atoms with E-state index in [1.54, 1.807) is 7.11 Å². The van der Waals surface area contributed by atoms with E-state index in [4.69, 9.17) is 4.74 Å². The summed E-state index contributed by atoms with van der Waals surface area (Å²) < 4.78 is 5.15. The first-order chi connectivity index (χ1) is 15.0. The number of fused-ring (bicyclic) bond motifs is 1. The van der Waals surface area contributed by atoms with Crippen molar-refractivity contribution in [2.45, 2.75) is 22.7 Å². The number of aliphatic carboxylic acids is 1. The van der Waals surface area contributed by atoms with Gasteiger partial charge in [-0.25, -0.2) is 4.79 Å². The van der Waals surface area contributed by atoms with Gasteiger partial charge < -0.3 is 15.2 Å². The van der Waals surface area contributed by atoms with Crippen LogP contribution in [0.3, 0.4) is 0 Å². The van der Waals surface area contributed by atoms with E-state index >= 15 is 0 Å². The van der Waals surface area contributed by atoms with E-state index in [1.165, 1.54) is 39.8 Å². The van der Waals surface area contributed by atoms with Crippen LogP contribution < -0.4 is 10.1 Å². The van der Waals surface area contributed by atoms with Gasteiger partial charge in [0.05, 0.1) is 13.5 Å². The third-order valence-corrected chi connectivity index (χ3v) is 8.27. The van der Waals surface area contributed by atoms with Crippen LogP contribution in [-0.4, -0.2) is 57.8 Å². The Labute approximate surface area is 191 Å². The maximum atomic E-state index is 12.7. The molecule has 2 aliphatic rings. The molecule has 0 spiro atoms. The van der Waals surface area contributed by atoms with E-state index in [9.17, 15) is 19.5 Å². The van der Waals surface area contributed by atoms with Gasteiger partial charge in [-0.1, -0.05) is 6.07 Å². The van der Waals surface area contributed by atoms with E-state index in [-0.39, 0.29) is 29.3 Å². The highest BCUT2D eigenvalue weighted by Gasteiger charge is 2.54. The molecule has 1 saturated heterocycles. The maximum absolute atomic E-state index is 12.7. The largest absolute Gasteiger partial charge is 0.497 e. The summed E-state index contributed by atoms with van der Waals surface area (Å²) in [5.74, 6) is -0.0102. The Hall–Kier alpha value is -2.43. The number of nitrogens with one attached hydrogen (secondary N) is 1. The number of nitrogens with zero attached hydrogens (tertiary/aromatic N) is 1. The molecule has 0 radical (unpaired) electrons. The molecule has 1 aromatic heterocycles. The van der Waals surface area contributed by atoms with Gasteiger partial charge in [0.25, 0.3) is 5.91 Å². The summed E-state index contributed by atoms with van der Waals surface area (Å²) in [7, 11) is 1.60. The number of thiophene rings is 1. The van der Waals surface area contributed by atoms with Crippen LogP contribution in [0.2, 0.25) is 0 Å². The van der Waals surface area contributed by atoms with Crippen molar-refractivity contribution in [3.05, 3.63) is 57.9 Å². The number of thioether (sulfide) groups is 2. The lowest BCUT2D eigenvalue weighted by Crippen LogP contribution is -2.70. The van der Waals surface area contributed by atoms with Crippen LogP contribution in [-0.2, 0) is 20.8 Å². The number of methoxy groups -OCH3 is 1. The quantitative estimate of drug-likeness (QED) is 0.447. The normalized spacial score (nSPS) is 20.2. The van der Waals surface area contributed by atoms with Gasteiger partial charge in [-0.15, -0.1) is 34.9 Å². The number of β-lactam (4-membered cyclic amide) rings is 1. The Bertz CT molecular complexity index is 1020. The number of ether oxygens (including phenoxy) is 1. The Balaban J connectivity index is 1.42. The summed E-state index contributed by atoms with van der Waals surface area (Å²) in [5.41, 5.74) is 0.741. The molecule has 162 valence electrons. The fourth-order valence-electron chi connectivity index (χ4n) is 3.43. The molecule has 31 heavy (non-hydrogen) atoms. The number of hydrogen-bond acceptors (Lipinski definition) is 7. The van der Waals surface area contributed by atoms with E-state index in [0.29, 0.717) is 17.1 Å². The number of benzene rings is 1. The van der Waals surface area contributed by atoms with Crippen molar-refractivity contribution in [1.29, 1.82) is 0 Å². The van der Waals surface area contributed by atoms with Crippen molar-refractivity contribution in [3.63, 3.8) is 0 Å². The summed E-state index contributed by atoms with van der Waals surface area (Å²) in [6, 6.07) is 10.6. The number of carboxylic acid groups (broad SMARTS) is 1. The minimum atomic E-state index is -1.12. The Morgan fingerprint density at radius 1 is 1.29 bits per heavy atom. The fraction of sp³-hybridized carbons (Fsp3) is 0.286. The summed E-state index contributed by atoms with van der Waals surface area (Å²) >= 11 is 4.48. The second-order valence-corrected chi connectivity index (χ2v) is 10.1. The molecule has 2 N–H and O–H groups in total. The minimum Gasteiger partial charge on any atom is -0.497 e. The predicted octanol–water partition coefficient (Wildman–Crippen LogP) is 2.83. The van der Waals surface area contributed by atoms with Gasteiger partial charge in [0.15, 0.2) is 0 Å². The highest BCUT2D eigenvalue weighted by atomic mass is 32.2. The number of carboxylic acids is 1. The van der Waals surface area contributed by atoms with Crippen molar-refractivity contribution in [3.8, 4) is 5.75 Å². The second kappa shape index (κ2) is 9.37. The summed E-state index contributed by atoms with van der Waals surface area (Å²) in [4.78, 5) is 40.2. The molecule has 2 amide bonds. The molecule has 1 unspecified atom stereocenters. The second-order valence-electron chi connectivity index (χ2n) is 6.93. The fourth-order valence-corrected chi connectivity index (χ4v) is 6.52. The number of hydrogen-bond donors (Lipinski definition) is 2. The number of amides is 2. The molecule has 0 bridgehead atoms. The Morgan fingerprint density at radius 3 is 2.71 bits per heavy atom. The molecule has 0 saturated carbocycles. The van der Waals surface area contributed by atoms with E-state index in [0.717, 1.165) is 15.5 Å². The third kappa shape index (κ3) is 4.60. The van der Waals surface area contributed by atoms with Gasteiger partial charge in [0, 0.05) is 21.3 Å². The zero-order valence-corrected chi connectivity index (χ0v) is 19.0. The summed E-state index contributed by atoms with van der Waals surface area (Å²) in [6.07, 6.45) is 0.213. The molecule has 1 aromatic carbocycles.